The summed E-state index contributed by atoms with van der Waals surface area (Å²) in [5.74, 6) is 0.191. The van der Waals surface area contributed by atoms with Crippen LogP contribution in [0.5, 0.6) is 0 Å². The summed E-state index contributed by atoms with van der Waals surface area (Å²) in [7, 11) is -4.61. The maximum Gasteiger partial charge on any atom is 0.472 e. The molecule has 0 amide bonds. The molecule has 1 unspecified atom stereocenters. The fourth-order valence-electron chi connectivity index (χ4n) is 5.76. The molecular weight excluding hydrogens is 613 g/mol. The minimum absolute atomic E-state index is 0.0994. The van der Waals surface area contributed by atoms with Gasteiger partial charge in [0.15, 0.2) is 5.82 Å². The van der Waals surface area contributed by atoms with Gasteiger partial charge in [-0.3, -0.25) is 9.05 Å². The number of aliphatic hydroxyl groups is 2. The molecule has 0 aliphatic carbocycles. The van der Waals surface area contributed by atoms with Crippen molar-refractivity contribution in [2.24, 2.45) is 0 Å². The van der Waals surface area contributed by atoms with Crippen LogP contribution in [-0.4, -0.2) is 73.9 Å². The second-order valence-corrected chi connectivity index (χ2v) is 13.6. The van der Waals surface area contributed by atoms with E-state index in [1.54, 1.807) is 18.2 Å². The highest BCUT2D eigenvalue weighted by molar-refractivity contribution is 7.47. The fraction of sp³-hybridized carbons (Fsp3) is 0.781. The second-order valence-electron chi connectivity index (χ2n) is 12.2. The van der Waals surface area contributed by atoms with E-state index < -0.39 is 38.3 Å². The molecule has 14 heteroatoms. The Kier molecular flexibility index (Phi) is 16.9. The summed E-state index contributed by atoms with van der Waals surface area (Å²) in [6.45, 7) is 1.86. The predicted molar refractivity (Wildman–Crippen MR) is 174 cm³/mol. The molecule has 13 nitrogen and oxygen atoms in total. The molecule has 0 radical (unpaired) electrons. The Morgan fingerprint density at radius 3 is 2.11 bits per heavy atom. The Bertz CT molecular complexity index is 1240. The molecule has 1 saturated heterocycles. The average molecular weight is 668 g/mol. The van der Waals surface area contributed by atoms with Crippen molar-refractivity contribution in [3.8, 4) is 6.07 Å². The third kappa shape index (κ3) is 11.8. The Hall–Kier alpha value is -2.14. The van der Waals surface area contributed by atoms with Crippen LogP contribution in [0.1, 0.15) is 121 Å². The number of nitriles is 1. The summed E-state index contributed by atoms with van der Waals surface area (Å²) in [6.07, 6.45) is 17.4. The van der Waals surface area contributed by atoms with Crippen molar-refractivity contribution >= 4 is 19.2 Å². The first-order valence-electron chi connectivity index (χ1n) is 17.0. The summed E-state index contributed by atoms with van der Waals surface area (Å²) in [4.78, 5) is 14.0. The van der Waals surface area contributed by atoms with Crippen LogP contribution in [0, 0.1) is 11.3 Å². The number of nitrogens with zero attached hydrogens (tertiary/aromatic N) is 4. The lowest BCUT2D eigenvalue weighted by Gasteiger charge is -2.25. The predicted octanol–water partition coefficient (Wildman–Crippen LogP) is 5.78. The molecule has 5 atom stereocenters. The van der Waals surface area contributed by atoms with Crippen molar-refractivity contribution < 1.29 is 38.2 Å². The Morgan fingerprint density at radius 2 is 1.52 bits per heavy atom. The summed E-state index contributed by atoms with van der Waals surface area (Å²) >= 11 is 0. The van der Waals surface area contributed by atoms with E-state index in [0.717, 1.165) is 12.8 Å². The molecule has 3 rings (SSSR count). The SMILES string of the molecule is CCCCCCCCCCCCCCCCCCOCCOP(=O)(O)OC[C@@]1(C#N)O[C@@H](c2ccc3c(N)ncnn23)[C@H](O)[C@@H]1O. The molecule has 260 valence electrons. The van der Waals surface area contributed by atoms with Gasteiger partial charge in [-0.2, -0.15) is 10.4 Å². The van der Waals surface area contributed by atoms with Crippen molar-refractivity contribution in [3.63, 3.8) is 0 Å². The summed E-state index contributed by atoms with van der Waals surface area (Å²) in [5.41, 5.74) is 4.46. The molecule has 2 aromatic heterocycles. The molecule has 5 N–H and O–H groups in total. The van der Waals surface area contributed by atoms with E-state index in [4.69, 9.17) is 24.3 Å². The highest BCUT2D eigenvalue weighted by atomic mass is 31.2. The molecule has 1 aliphatic heterocycles. The maximum absolute atomic E-state index is 12.4. The summed E-state index contributed by atoms with van der Waals surface area (Å²) < 4.78 is 35.0. The van der Waals surface area contributed by atoms with Gasteiger partial charge in [0.1, 0.15) is 42.8 Å². The van der Waals surface area contributed by atoms with Crippen molar-refractivity contribution in [1.29, 1.82) is 5.26 Å². The number of nitrogen functional groups attached to an aromatic ring is 1. The zero-order chi connectivity index (χ0) is 33.3. The largest absolute Gasteiger partial charge is 0.472 e. The van der Waals surface area contributed by atoms with Crippen LogP contribution in [0.4, 0.5) is 5.82 Å². The Morgan fingerprint density at radius 1 is 0.935 bits per heavy atom. The van der Waals surface area contributed by atoms with Crippen LogP contribution in [0.3, 0.4) is 0 Å². The van der Waals surface area contributed by atoms with E-state index in [-0.39, 0.29) is 19.0 Å². The van der Waals surface area contributed by atoms with Gasteiger partial charge in [-0.1, -0.05) is 103 Å². The third-order valence-electron chi connectivity index (χ3n) is 8.51. The van der Waals surface area contributed by atoms with Gasteiger partial charge in [0, 0.05) is 6.61 Å². The van der Waals surface area contributed by atoms with Gasteiger partial charge in [-0.15, -0.1) is 0 Å². The summed E-state index contributed by atoms with van der Waals surface area (Å²) in [5, 5.41) is 35.3. The Labute approximate surface area is 273 Å². The first-order chi connectivity index (χ1) is 22.2. The standard InChI is InChI=1S/C32H54N5O8P/c1-2-3-4-5-6-7-8-9-10-11-12-13-14-15-16-17-20-42-21-22-43-46(40,41)44-24-32(23-33)30(39)28(38)29(45-32)26-18-19-27-31(34)35-25-36-37(26)27/h18-19,25,28-30,38-39H,2-17,20-22,24H2,1H3,(H,40,41)(H2,34,35,36)/t28-,29-,30-,32+/m0/s1. The number of nitrogens with two attached hydrogens (primary N) is 1. The monoisotopic (exact) mass is 667 g/mol. The highest BCUT2D eigenvalue weighted by Crippen LogP contribution is 2.47. The first kappa shape index (κ1) is 38.3. The molecule has 2 aromatic rings. The number of hydrogen-bond donors (Lipinski definition) is 4. The van der Waals surface area contributed by atoms with Crippen LogP contribution in [0.25, 0.3) is 5.52 Å². The molecule has 0 spiro atoms. The second kappa shape index (κ2) is 20.3. The van der Waals surface area contributed by atoms with Crippen LogP contribution >= 0.6 is 7.82 Å². The average Bonchev–Trinajstić information content (AvgIpc) is 3.58. The molecule has 0 bridgehead atoms. The normalized spacial score (nSPS) is 22.7. The first-order valence-corrected chi connectivity index (χ1v) is 18.5. The van der Waals surface area contributed by atoms with Gasteiger partial charge in [-0.25, -0.2) is 14.1 Å². The van der Waals surface area contributed by atoms with E-state index in [0.29, 0.717) is 17.8 Å². The quantitative estimate of drug-likeness (QED) is 0.0737. The molecule has 0 aromatic carbocycles. The zero-order valence-electron chi connectivity index (χ0n) is 27.3. The lowest BCUT2D eigenvalue weighted by molar-refractivity contribution is -0.0748. The van der Waals surface area contributed by atoms with Crippen molar-refractivity contribution in [2.75, 3.05) is 32.2 Å². The smallest absolute Gasteiger partial charge is 0.387 e. The number of fused-ring (bicyclic) bond motifs is 1. The minimum atomic E-state index is -4.61. The van der Waals surface area contributed by atoms with E-state index >= 15 is 0 Å². The molecule has 1 fully saturated rings. The third-order valence-corrected chi connectivity index (χ3v) is 9.47. The number of phosphoric acid groups is 1. The number of hydrogen-bond acceptors (Lipinski definition) is 11. The lowest BCUT2D eigenvalue weighted by atomic mass is 9.96. The van der Waals surface area contributed by atoms with Crippen molar-refractivity contribution in [2.45, 2.75) is 134 Å². The lowest BCUT2D eigenvalue weighted by Crippen LogP contribution is -2.45. The number of aromatic nitrogens is 3. The number of phosphoric ester groups is 1. The highest BCUT2D eigenvalue weighted by Gasteiger charge is 2.57. The van der Waals surface area contributed by atoms with E-state index in [1.165, 1.54) is 101 Å². The van der Waals surface area contributed by atoms with Gasteiger partial charge >= 0.3 is 7.82 Å². The van der Waals surface area contributed by atoms with Crippen LogP contribution < -0.4 is 5.73 Å². The fourth-order valence-corrected chi connectivity index (χ4v) is 6.49. The van der Waals surface area contributed by atoms with Crippen molar-refractivity contribution in [3.05, 3.63) is 24.2 Å². The molecule has 46 heavy (non-hydrogen) atoms. The molecule has 1 aliphatic rings. The topological polar surface area (TPSA) is 195 Å². The molecule has 3 heterocycles. The number of rotatable bonds is 25. The van der Waals surface area contributed by atoms with E-state index in [9.17, 15) is 24.9 Å². The molecule has 0 saturated carbocycles. The van der Waals surface area contributed by atoms with Crippen LogP contribution in [0.2, 0.25) is 0 Å². The number of anilines is 1. The van der Waals surface area contributed by atoms with Crippen LogP contribution in [0.15, 0.2) is 18.5 Å². The van der Waals surface area contributed by atoms with Gasteiger partial charge in [0.05, 0.1) is 18.9 Å². The number of ether oxygens (including phenoxy) is 2. The van der Waals surface area contributed by atoms with Gasteiger partial charge in [0.25, 0.3) is 0 Å². The van der Waals surface area contributed by atoms with Gasteiger partial charge in [0.2, 0.25) is 5.60 Å². The van der Waals surface area contributed by atoms with Gasteiger partial charge in [-0.05, 0) is 18.6 Å². The van der Waals surface area contributed by atoms with Crippen molar-refractivity contribution in [1.82, 2.24) is 14.6 Å². The van der Waals surface area contributed by atoms with E-state index in [2.05, 4.69) is 17.0 Å². The molecular formula is C32H54N5O8P. The number of unbranched alkanes of at least 4 members (excludes halogenated alkanes) is 15. The number of aliphatic hydroxyl groups excluding tert-OH is 2. The minimum Gasteiger partial charge on any atom is -0.387 e. The van der Waals surface area contributed by atoms with Crippen LogP contribution in [-0.2, 0) is 23.1 Å². The maximum atomic E-state index is 12.4. The van der Waals surface area contributed by atoms with Gasteiger partial charge < -0.3 is 30.3 Å². The Balaban J connectivity index is 1.22. The zero-order valence-corrected chi connectivity index (χ0v) is 28.2. The van der Waals surface area contributed by atoms with E-state index in [1.807, 2.05) is 0 Å². The summed E-state index contributed by atoms with van der Waals surface area (Å²) in [6, 6.07) is 4.95.